The van der Waals surface area contributed by atoms with Crippen molar-refractivity contribution in [3.05, 3.63) is 23.8 Å². The van der Waals surface area contributed by atoms with E-state index in [0.717, 1.165) is 0 Å². The molecule has 0 spiro atoms. The minimum atomic E-state index is -1.95. The minimum absolute atomic E-state index is 0.0920. The average Bonchev–Trinajstić information content (AvgIpc) is 1.97. The largest absolute Gasteiger partial charge is 0.0998 e. The molecule has 0 nitrogen and oxygen atoms in total. The summed E-state index contributed by atoms with van der Waals surface area (Å²) in [5.41, 5.74) is 0.949. The van der Waals surface area contributed by atoms with E-state index in [1.807, 2.05) is 0 Å². The second-order valence-corrected chi connectivity index (χ2v) is 2.71. The molecule has 0 radical (unpaired) electrons. The van der Waals surface area contributed by atoms with Crippen LogP contribution in [0, 0.1) is 5.92 Å². The van der Waals surface area contributed by atoms with Crippen molar-refractivity contribution in [1.82, 2.24) is 0 Å². The van der Waals surface area contributed by atoms with Crippen LogP contribution < -0.4 is 0 Å². The zero-order valence-corrected chi connectivity index (χ0v) is 6.49. The van der Waals surface area contributed by atoms with E-state index >= 15 is 0 Å². The van der Waals surface area contributed by atoms with E-state index in [4.69, 9.17) is 6.85 Å². The fourth-order valence-corrected chi connectivity index (χ4v) is 0.843. The Balaban J connectivity index is 3.32. The van der Waals surface area contributed by atoms with E-state index in [1.54, 1.807) is 13.8 Å². The Kier molecular flexibility index (Phi) is 0.990. The highest BCUT2D eigenvalue weighted by atomic mass is 14.2. The van der Waals surface area contributed by atoms with Gasteiger partial charge in [-0.3, -0.25) is 0 Å². The summed E-state index contributed by atoms with van der Waals surface area (Å²) >= 11 is 0. The predicted octanol–water partition coefficient (Wildman–Crippen LogP) is 3.31. The molecule has 0 aromatic rings. The van der Waals surface area contributed by atoms with Gasteiger partial charge in [-0.25, -0.2) is 0 Å². The molecule has 0 amide bonds. The van der Waals surface area contributed by atoms with Crippen molar-refractivity contribution >= 4 is 0 Å². The van der Waals surface area contributed by atoms with Gasteiger partial charge in [0.05, 0.1) is 1.37 Å². The molecule has 0 unspecified atom stereocenters. The molecule has 0 saturated heterocycles. The van der Waals surface area contributed by atoms with Gasteiger partial charge in [0.25, 0.3) is 0 Å². The number of hydrogen-bond acceptors (Lipinski definition) is 0. The highest BCUT2D eigenvalue weighted by molar-refractivity contribution is 5.09. The van der Waals surface area contributed by atoms with Crippen LogP contribution in [-0.2, 0) is 0 Å². The zero-order valence-electron chi connectivity index (χ0n) is 11.5. The van der Waals surface area contributed by atoms with Gasteiger partial charge in [0.2, 0.25) is 0 Å². The molecule has 0 heterocycles. The molecule has 1 aliphatic carbocycles. The molecule has 0 fully saturated rings. The summed E-state index contributed by atoms with van der Waals surface area (Å²) < 4.78 is 39.0. The van der Waals surface area contributed by atoms with E-state index in [2.05, 4.69) is 6.58 Å². The number of hydrogen-bond donors (Lipinski definition) is 0. The maximum Gasteiger partial charge on any atom is 0.0575 e. The highest BCUT2D eigenvalue weighted by Crippen LogP contribution is 2.27. The summed E-state index contributed by atoms with van der Waals surface area (Å²) in [5, 5.41) is 0. The van der Waals surface area contributed by atoms with Crippen LogP contribution in [-0.4, -0.2) is 0 Å². The Labute approximate surface area is 70.7 Å². The lowest BCUT2D eigenvalue weighted by molar-refractivity contribution is 0.540. The Morgan fingerprint density at radius 1 is 2.00 bits per heavy atom. The highest BCUT2D eigenvalue weighted by Gasteiger charge is 2.11. The molecular weight excluding hydrogens is 120 g/mol. The first-order valence-corrected chi connectivity index (χ1v) is 3.43. The van der Waals surface area contributed by atoms with Gasteiger partial charge in [0.1, 0.15) is 0 Å². The maximum absolute atomic E-state index is 7.84. The molecule has 0 bridgehead atoms. The van der Waals surface area contributed by atoms with Gasteiger partial charge in [-0.1, -0.05) is 23.8 Å². The summed E-state index contributed by atoms with van der Waals surface area (Å²) in [6.45, 7) is 6.88. The molecule has 0 aromatic heterocycles. The van der Waals surface area contributed by atoms with Crippen LogP contribution in [0.2, 0.25) is 0 Å². The normalized spacial score (nSPS) is 44.2. The first-order chi connectivity index (χ1) is 6.60. The lowest BCUT2D eigenvalue weighted by Crippen LogP contribution is -2.04. The van der Waals surface area contributed by atoms with E-state index in [0.29, 0.717) is 11.1 Å². The molecule has 1 aliphatic rings. The average molecular weight is 141 g/mol. The summed E-state index contributed by atoms with van der Waals surface area (Å²) in [6.07, 6.45) is -3.48. The van der Waals surface area contributed by atoms with E-state index in [9.17, 15) is 0 Å². The van der Waals surface area contributed by atoms with Gasteiger partial charge in [0, 0.05) is 5.48 Å². The Morgan fingerprint density at radius 2 is 2.70 bits per heavy atom. The fourth-order valence-electron chi connectivity index (χ4n) is 0.843. The third-order valence-corrected chi connectivity index (χ3v) is 1.49. The Hall–Kier alpha value is -0.520. The van der Waals surface area contributed by atoms with Gasteiger partial charge in [-0.15, -0.1) is 0 Å². The number of allylic oxidation sites excluding steroid dienone is 3. The van der Waals surface area contributed by atoms with Crippen molar-refractivity contribution in [3.8, 4) is 0 Å². The summed E-state index contributed by atoms with van der Waals surface area (Å²) in [5.74, 6) is -0.929. The van der Waals surface area contributed by atoms with Crippen molar-refractivity contribution < 1.29 is 6.85 Å². The van der Waals surface area contributed by atoms with Gasteiger partial charge in [-0.2, -0.15) is 0 Å². The lowest BCUT2D eigenvalue weighted by Gasteiger charge is -2.19. The molecule has 1 rings (SSSR count). The first-order valence-electron chi connectivity index (χ1n) is 5.93. The minimum Gasteiger partial charge on any atom is -0.0998 e. The van der Waals surface area contributed by atoms with Gasteiger partial charge in [-0.05, 0) is 38.9 Å². The third kappa shape index (κ3) is 1.73. The van der Waals surface area contributed by atoms with Crippen LogP contribution in [0.5, 0.6) is 0 Å². The van der Waals surface area contributed by atoms with Gasteiger partial charge in [0.15, 0.2) is 0 Å². The smallest absolute Gasteiger partial charge is 0.0575 e. The van der Waals surface area contributed by atoms with Crippen molar-refractivity contribution in [2.45, 2.75) is 33.0 Å². The van der Waals surface area contributed by atoms with Crippen LogP contribution >= 0.6 is 0 Å². The standard InChI is InChI=1S/C10H16/c1-8(2)10-6-4-9(3)5-7-10/h4,10H,1,5-7H2,2-3H3/t10-/m0/s1/i4D,6D2,7D2. The monoisotopic (exact) mass is 141 g/mol. The molecule has 0 saturated carbocycles. The lowest BCUT2D eigenvalue weighted by atomic mass is 9.86. The second-order valence-electron chi connectivity index (χ2n) is 2.71. The van der Waals surface area contributed by atoms with Crippen LogP contribution in [0.1, 0.15) is 39.9 Å². The van der Waals surface area contributed by atoms with Crippen molar-refractivity contribution in [1.29, 1.82) is 0 Å². The SMILES string of the molecule is [2H]C1=C(C)CC([2H])([2H])[C@@H](C(=C)C)C1([2H])[2H]. The fraction of sp³-hybridized carbons (Fsp3) is 0.600. The van der Waals surface area contributed by atoms with Crippen LogP contribution in [0.25, 0.3) is 0 Å². The van der Waals surface area contributed by atoms with Gasteiger partial charge < -0.3 is 0 Å². The third-order valence-electron chi connectivity index (χ3n) is 1.49. The summed E-state index contributed by atoms with van der Waals surface area (Å²) in [7, 11) is 0. The predicted molar refractivity (Wildman–Crippen MR) is 45.9 cm³/mol. The molecule has 1 atom stereocenters. The molecule has 0 aliphatic heterocycles. The second kappa shape index (κ2) is 3.05. The Morgan fingerprint density at radius 3 is 3.30 bits per heavy atom. The topological polar surface area (TPSA) is 0 Å². The van der Waals surface area contributed by atoms with Crippen molar-refractivity contribution in [3.63, 3.8) is 0 Å². The summed E-state index contributed by atoms with van der Waals surface area (Å²) in [6, 6.07) is -0.0920. The first kappa shape index (κ1) is 3.25. The molecule has 0 N–H and O–H groups in total. The van der Waals surface area contributed by atoms with Crippen molar-refractivity contribution in [2.24, 2.45) is 5.92 Å². The maximum atomic E-state index is 7.84. The van der Waals surface area contributed by atoms with Crippen LogP contribution in [0.4, 0.5) is 0 Å². The molecule has 56 valence electrons. The van der Waals surface area contributed by atoms with Gasteiger partial charge >= 0.3 is 0 Å². The summed E-state index contributed by atoms with van der Waals surface area (Å²) in [4.78, 5) is 0. The molecule has 10 heavy (non-hydrogen) atoms. The molecular formula is C10H16. The quantitative estimate of drug-likeness (QED) is 0.491. The van der Waals surface area contributed by atoms with Crippen molar-refractivity contribution in [2.75, 3.05) is 0 Å². The van der Waals surface area contributed by atoms with E-state index < -0.39 is 18.7 Å². The number of rotatable bonds is 1. The van der Waals surface area contributed by atoms with E-state index in [1.165, 1.54) is 0 Å². The van der Waals surface area contributed by atoms with Crippen LogP contribution in [0.15, 0.2) is 23.8 Å². The van der Waals surface area contributed by atoms with E-state index in [-0.39, 0.29) is 12.5 Å². The molecule has 0 heteroatoms. The zero-order chi connectivity index (χ0) is 12.0. The Bertz CT molecular complexity index is 327. The molecule has 0 aromatic carbocycles. The van der Waals surface area contributed by atoms with Crippen LogP contribution in [0.3, 0.4) is 0 Å².